The van der Waals surface area contributed by atoms with E-state index in [-0.39, 0.29) is 5.92 Å². The summed E-state index contributed by atoms with van der Waals surface area (Å²) in [7, 11) is 0. The molecule has 1 heterocycles. The number of benzene rings is 1. The first-order valence-corrected chi connectivity index (χ1v) is 7.25. The second kappa shape index (κ2) is 6.71. The molecule has 1 aliphatic rings. The van der Waals surface area contributed by atoms with Crippen LogP contribution in [0.25, 0.3) is 0 Å². The zero-order valence-corrected chi connectivity index (χ0v) is 12.0. The number of carbonyl (C=O) groups is 1. The predicted octanol–water partition coefficient (Wildman–Crippen LogP) is 2.38. The van der Waals surface area contributed by atoms with Gasteiger partial charge in [0.05, 0.1) is 0 Å². The van der Waals surface area contributed by atoms with Crippen LogP contribution in [0.3, 0.4) is 0 Å². The van der Waals surface area contributed by atoms with Crippen LogP contribution in [0.2, 0.25) is 0 Å². The Kier molecular flexibility index (Phi) is 4.97. The van der Waals surface area contributed by atoms with Crippen LogP contribution in [0, 0.1) is 5.92 Å². The van der Waals surface area contributed by atoms with Gasteiger partial charge in [-0.1, -0.05) is 44.2 Å². The van der Waals surface area contributed by atoms with Crippen LogP contribution in [-0.4, -0.2) is 41.9 Å². The lowest BCUT2D eigenvalue weighted by atomic mass is 10.1. The first-order chi connectivity index (χ1) is 9.20. The molecule has 0 aliphatic carbocycles. The minimum Gasteiger partial charge on any atom is -0.340 e. The van der Waals surface area contributed by atoms with Gasteiger partial charge in [0.15, 0.2) is 0 Å². The van der Waals surface area contributed by atoms with Gasteiger partial charge in [-0.25, -0.2) is 0 Å². The average molecular weight is 260 g/mol. The smallest absolute Gasteiger partial charge is 0.225 e. The van der Waals surface area contributed by atoms with Crippen molar-refractivity contribution in [1.29, 1.82) is 0 Å². The normalized spacial score (nSPS) is 18.3. The molecule has 3 heteroatoms. The molecule has 1 atom stereocenters. The van der Waals surface area contributed by atoms with Gasteiger partial charge in [-0.15, -0.1) is 0 Å². The molecule has 1 aliphatic heterocycles. The first-order valence-electron chi connectivity index (χ1n) is 7.25. The fourth-order valence-electron chi connectivity index (χ4n) is 2.45. The fraction of sp³-hybridized carbons (Fsp3) is 0.562. The molecule has 3 nitrogen and oxygen atoms in total. The molecular weight excluding hydrogens is 236 g/mol. The number of amides is 1. The van der Waals surface area contributed by atoms with Crippen molar-refractivity contribution in [2.45, 2.75) is 26.8 Å². The van der Waals surface area contributed by atoms with E-state index in [0.717, 1.165) is 39.1 Å². The van der Waals surface area contributed by atoms with Crippen molar-refractivity contribution < 1.29 is 4.79 Å². The van der Waals surface area contributed by atoms with E-state index in [1.165, 1.54) is 5.56 Å². The zero-order valence-electron chi connectivity index (χ0n) is 12.0. The van der Waals surface area contributed by atoms with Crippen molar-refractivity contribution >= 4 is 5.91 Å². The quantitative estimate of drug-likeness (QED) is 0.830. The standard InChI is InChI=1S/C16H24N2O/c1-3-14(2)16(19)18-11-9-17(10-12-18)13-15-7-5-4-6-8-15/h4-8,14H,3,9-13H2,1-2H3. The summed E-state index contributed by atoms with van der Waals surface area (Å²) in [5, 5.41) is 0. The molecule has 104 valence electrons. The Hall–Kier alpha value is -1.35. The Bertz CT molecular complexity index is 396. The van der Waals surface area contributed by atoms with Crippen LogP contribution in [0.15, 0.2) is 30.3 Å². The zero-order chi connectivity index (χ0) is 13.7. The second-order valence-corrected chi connectivity index (χ2v) is 5.40. The highest BCUT2D eigenvalue weighted by atomic mass is 16.2. The van der Waals surface area contributed by atoms with Gasteiger partial charge in [0.25, 0.3) is 0 Å². The maximum atomic E-state index is 12.1. The van der Waals surface area contributed by atoms with Crippen LogP contribution in [0.4, 0.5) is 0 Å². The number of carbonyl (C=O) groups excluding carboxylic acids is 1. The van der Waals surface area contributed by atoms with Crippen LogP contribution in [0.5, 0.6) is 0 Å². The van der Waals surface area contributed by atoms with Gasteiger partial charge in [-0.3, -0.25) is 9.69 Å². The van der Waals surface area contributed by atoms with E-state index < -0.39 is 0 Å². The summed E-state index contributed by atoms with van der Waals surface area (Å²) in [6.07, 6.45) is 0.934. The number of rotatable bonds is 4. The molecule has 1 fully saturated rings. The van der Waals surface area contributed by atoms with Gasteiger partial charge in [0.1, 0.15) is 0 Å². The van der Waals surface area contributed by atoms with E-state index >= 15 is 0 Å². The van der Waals surface area contributed by atoms with Crippen molar-refractivity contribution in [2.75, 3.05) is 26.2 Å². The van der Waals surface area contributed by atoms with E-state index in [2.05, 4.69) is 36.1 Å². The molecule has 0 N–H and O–H groups in total. The van der Waals surface area contributed by atoms with Gasteiger partial charge in [-0.05, 0) is 12.0 Å². The van der Waals surface area contributed by atoms with Gasteiger partial charge in [0.2, 0.25) is 5.91 Å². The summed E-state index contributed by atoms with van der Waals surface area (Å²) in [6.45, 7) is 8.80. The highest BCUT2D eigenvalue weighted by Gasteiger charge is 2.23. The topological polar surface area (TPSA) is 23.6 Å². The molecule has 0 spiro atoms. The Morgan fingerprint density at radius 3 is 2.37 bits per heavy atom. The molecule has 0 aromatic heterocycles. The van der Waals surface area contributed by atoms with E-state index in [9.17, 15) is 4.79 Å². The van der Waals surface area contributed by atoms with Crippen molar-refractivity contribution in [3.8, 4) is 0 Å². The van der Waals surface area contributed by atoms with Gasteiger partial charge in [0, 0.05) is 38.6 Å². The Labute approximate surface area is 116 Å². The third-order valence-corrected chi connectivity index (χ3v) is 3.97. The molecule has 2 rings (SSSR count). The van der Waals surface area contributed by atoms with Gasteiger partial charge in [-0.2, -0.15) is 0 Å². The molecule has 1 aromatic carbocycles. The van der Waals surface area contributed by atoms with Crippen LogP contribution < -0.4 is 0 Å². The minimum atomic E-state index is 0.167. The van der Waals surface area contributed by atoms with Gasteiger partial charge < -0.3 is 4.90 Å². The second-order valence-electron chi connectivity index (χ2n) is 5.40. The van der Waals surface area contributed by atoms with Crippen LogP contribution in [0.1, 0.15) is 25.8 Å². The average Bonchev–Trinajstić information content (AvgIpc) is 2.47. The van der Waals surface area contributed by atoms with Crippen LogP contribution in [-0.2, 0) is 11.3 Å². The van der Waals surface area contributed by atoms with Crippen molar-refractivity contribution in [3.63, 3.8) is 0 Å². The summed E-state index contributed by atoms with van der Waals surface area (Å²) in [4.78, 5) is 16.6. The van der Waals surface area contributed by atoms with E-state index in [4.69, 9.17) is 0 Å². The SMILES string of the molecule is CCC(C)C(=O)N1CCN(Cc2ccccc2)CC1. The lowest BCUT2D eigenvalue weighted by Gasteiger charge is -2.36. The Balaban J connectivity index is 1.81. The largest absolute Gasteiger partial charge is 0.340 e. The van der Waals surface area contributed by atoms with E-state index in [1.807, 2.05) is 17.9 Å². The predicted molar refractivity (Wildman–Crippen MR) is 77.8 cm³/mol. The van der Waals surface area contributed by atoms with E-state index in [1.54, 1.807) is 0 Å². The summed E-state index contributed by atoms with van der Waals surface area (Å²) in [6, 6.07) is 10.5. The maximum Gasteiger partial charge on any atom is 0.225 e. The number of nitrogens with zero attached hydrogens (tertiary/aromatic N) is 2. The monoisotopic (exact) mass is 260 g/mol. The Morgan fingerprint density at radius 1 is 1.16 bits per heavy atom. The number of hydrogen-bond acceptors (Lipinski definition) is 2. The van der Waals surface area contributed by atoms with E-state index in [0.29, 0.717) is 5.91 Å². The molecule has 19 heavy (non-hydrogen) atoms. The van der Waals surface area contributed by atoms with Crippen molar-refractivity contribution in [2.24, 2.45) is 5.92 Å². The summed E-state index contributed by atoms with van der Waals surface area (Å²) >= 11 is 0. The highest BCUT2D eigenvalue weighted by Crippen LogP contribution is 2.12. The summed E-state index contributed by atoms with van der Waals surface area (Å²) < 4.78 is 0. The molecular formula is C16H24N2O. The molecule has 1 amide bonds. The third-order valence-electron chi connectivity index (χ3n) is 3.97. The fourth-order valence-corrected chi connectivity index (χ4v) is 2.45. The molecule has 1 saturated heterocycles. The molecule has 1 aromatic rings. The van der Waals surface area contributed by atoms with Crippen molar-refractivity contribution in [1.82, 2.24) is 9.80 Å². The maximum absolute atomic E-state index is 12.1. The lowest BCUT2D eigenvalue weighted by Crippen LogP contribution is -2.49. The lowest BCUT2D eigenvalue weighted by molar-refractivity contribution is -0.136. The van der Waals surface area contributed by atoms with Gasteiger partial charge >= 0.3 is 0 Å². The molecule has 0 bridgehead atoms. The molecule has 0 radical (unpaired) electrons. The summed E-state index contributed by atoms with van der Waals surface area (Å²) in [5.74, 6) is 0.488. The number of hydrogen-bond donors (Lipinski definition) is 0. The minimum absolute atomic E-state index is 0.167. The Morgan fingerprint density at radius 2 is 1.79 bits per heavy atom. The molecule has 1 unspecified atom stereocenters. The first kappa shape index (κ1) is 14.1. The van der Waals surface area contributed by atoms with Crippen LogP contribution >= 0.6 is 0 Å². The molecule has 0 saturated carbocycles. The summed E-state index contributed by atoms with van der Waals surface area (Å²) in [5.41, 5.74) is 1.35. The van der Waals surface area contributed by atoms with Crippen molar-refractivity contribution in [3.05, 3.63) is 35.9 Å². The highest BCUT2D eigenvalue weighted by molar-refractivity contribution is 5.78. The number of piperazine rings is 1. The third kappa shape index (κ3) is 3.80.